The molecule has 0 spiro atoms. The van der Waals surface area contributed by atoms with Gasteiger partial charge in [0, 0.05) is 11.1 Å². The minimum absolute atomic E-state index is 0.213. The summed E-state index contributed by atoms with van der Waals surface area (Å²) in [7, 11) is 0. The molecule has 0 aliphatic carbocycles. The first-order valence-electron chi connectivity index (χ1n) is 5.90. The Bertz CT molecular complexity index is 595. The number of aryl methyl sites for hydroxylation is 1. The van der Waals surface area contributed by atoms with Gasteiger partial charge < -0.3 is 16.2 Å². The van der Waals surface area contributed by atoms with E-state index < -0.39 is 5.97 Å². The molecule has 0 saturated carbocycles. The van der Waals surface area contributed by atoms with Crippen molar-refractivity contribution in [2.75, 3.05) is 11.1 Å². The smallest absolute Gasteiger partial charge is 0.335 e. The second-order valence-corrected chi connectivity index (χ2v) is 5.23. The van der Waals surface area contributed by atoms with Gasteiger partial charge in [-0.3, -0.25) is 0 Å². The van der Waals surface area contributed by atoms with Gasteiger partial charge in [0.25, 0.3) is 0 Å². The fourth-order valence-electron chi connectivity index (χ4n) is 1.61. The zero-order valence-corrected chi connectivity index (χ0v) is 11.3. The number of benzene rings is 1. The van der Waals surface area contributed by atoms with Crippen LogP contribution in [-0.4, -0.2) is 16.1 Å². The number of nitrogen functional groups attached to an aromatic ring is 1. The molecule has 0 aliphatic heterocycles. The van der Waals surface area contributed by atoms with Gasteiger partial charge in [-0.05, 0) is 24.6 Å². The Balaban J connectivity index is 2.10. The molecular formula is C13H15N3O2S. The van der Waals surface area contributed by atoms with E-state index in [4.69, 9.17) is 10.8 Å². The topological polar surface area (TPSA) is 88.2 Å². The van der Waals surface area contributed by atoms with Crippen LogP contribution in [0.15, 0.2) is 24.4 Å². The lowest BCUT2D eigenvalue weighted by Crippen LogP contribution is -2.04. The lowest BCUT2D eigenvalue weighted by atomic mass is 10.1. The number of nitrogens with one attached hydrogen (secondary N) is 1. The Kier molecular flexibility index (Phi) is 4.01. The van der Waals surface area contributed by atoms with Crippen LogP contribution in [0, 0.1) is 0 Å². The average Bonchev–Trinajstić information content (AvgIpc) is 2.85. The van der Waals surface area contributed by atoms with Crippen LogP contribution in [0.2, 0.25) is 0 Å². The van der Waals surface area contributed by atoms with E-state index in [1.165, 1.54) is 17.0 Å². The summed E-state index contributed by atoms with van der Waals surface area (Å²) in [4.78, 5) is 16.4. The number of carboxylic acid groups (broad SMARTS) is 1. The summed E-state index contributed by atoms with van der Waals surface area (Å²) < 4.78 is 0. The fourth-order valence-corrected chi connectivity index (χ4v) is 2.41. The molecule has 0 bridgehead atoms. The maximum Gasteiger partial charge on any atom is 0.335 e. The van der Waals surface area contributed by atoms with Crippen molar-refractivity contribution < 1.29 is 9.90 Å². The molecule has 0 saturated heterocycles. The molecule has 2 aromatic rings. The molecule has 100 valence electrons. The van der Waals surface area contributed by atoms with Gasteiger partial charge in [0.1, 0.15) is 5.01 Å². The zero-order valence-electron chi connectivity index (χ0n) is 10.5. The quantitative estimate of drug-likeness (QED) is 0.731. The van der Waals surface area contributed by atoms with Crippen LogP contribution in [0.4, 0.5) is 11.4 Å². The van der Waals surface area contributed by atoms with E-state index in [0.29, 0.717) is 17.9 Å². The van der Waals surface area contributed by atoms with Crippen LogP contribution in [0.5, 0.6) is 0 Å². The van der Waals surface area contributed by atoms with Crippen molar-refractivity contribution in [3.05, 3.63) is 39.8 Å². The average molecular weight is 277 g/mol. The number of rotatable bonds is 5. The minimum Gasteiger partial charge on any atom is -0.478 e. The highest BCUT2D eigenvalue weighted by Crippen LogP contribution is 2.22. The summed E-state index contributed by atoms with van der Waals surface area (Å²) in [5, 5.41) is 13.0. The summed E-state index contributed by atoms with van der Waals surface area (Å²) in [6, 6.07) is 4.61. The summed E-state index contributed by atoms with van der Waals surface area (Å²) in [5.41, 5.74) is 7.17. The number of hydrogen-bond donors (Lipinski definition) is 3. The van der Waals surface area contributed by atoms with Gasteiger partial charge in [-0.25, -0.2) is 9.78 Å². The van der Waals surface area contributed by atoms with Crippen LogP contribution in [0.1, 0.15) is 27.2 Å². The van der Waals surface area contributed by atoms with Crippen molar-refractivity contribution in [2.45, 2.75) is 19.9 Å². The van der Waals surface area contributed by atoms with E-state index in [-0.39, 0.29) is 5.56 Å². The minimum atomic E-state index is -0.967. The maximum atomic E-state index is 10.9. The van der Waals surface area contributed by atoms with Crippen LogP contribution in [0.3, 0.4) is 0 Å². The molecule has 2 rings (SSSR count). The molecule has 0 fully saturated rings. The van der Waals surface area contributed by atoms with Gasteiger partial charge in [0.05, 0.1) is 23.5 Å². The third-order valence-corrected chi connectivity index (χ3v) is 3.82. The molecule has 4 N–H and O–H groups in total. The van der Waals surface area contributed by atoms with Crippen molar-refractivity contribution in [3.63, 3.8) is 0 Å². The van der Waals surface area contributed by atoms with Gasteiger partial charge in [0.2, 0.25) is 0 Å². The number of aromatic nitrogens is 1. The number of thiazole rings is 1. The molecule has 1 aromatic carbocycles. The molecule has 6 heteroatoms. The van der Waals surface area contributed by atoms with Crippen LogP contribution >= 0.6 is 11.3 Å². The first-order valence-corrected chi connectivity index (χ1v) is 6.72. The Morgan fingerprint density at radius 2 is 2.32 bits per heavy atom. The Morgan fingerprint density at radius 1 is 1.53 bits per heavy atom. The van der Waals surface area contributed by atoms with Crippen molar-refractivity contribution in [3.8, 4) is 0 Å². The van der Waals surface area contributed by atoms with Gasteiger partial charge >= 0.3 is 5.97 Å². The van der Waals surface area contributed by atoms with Crippen molar-refractivity contribution in [1.29, 1.82) is 0 Å². The predicted octanol–water partition coefficient (Wildman–Crippen LogP) is 2.60. The molecular weight excluding hydrogens is 262 g/mol. The van der Waals surface area contributed by atoms with E-state index in [9.17, 15) is 4.79 Å². The lowest BCUT2D eigenvalue weighted by Gasteiger charge is -2.08. The Morgan fingerprint density at radius 3 is 2.95 bits per heavy atom. The molecule has 5 nitrogen and oxygen atoms in total. The van der Waals surface area contributed by atoms with Crippen LogP contribution in [-0.2, 0) is 13.0 Å². The molecule has 19 heavy (non-hydrogen) atoms. The number of carbonyl (C=O) groups is 1. The number of nitrogens with zero attached hydrogens (tertiary/aromatic N) is 1. The Labute approximate surface area is 115 Å². The summed E-state index contributed by atoms with van der Waals surface area (Å²) in [6.45, 7) is 2.62. The van der Waals surface area contributed by atoms with Crippen molar-refractivity contribution >= 4 is 28.7 Å². The second-order valence-electron chi connectivity index (χ2n) is 4.03. The zero-order chi connectivity index (χ0) is 13.8. The highest BCUT2D eigenvalue weighted by atomic mass is 32.1. The highest BCUT2D eigenvalue weighted by Gasteiger charge is 2.07. The van der Waals surface area contributed by atoms with Crippen molar-refractivity contribution in [1.82, 2.24) is 4.98 Å². The lowest BCUT2D eigenvalue weighted by molar-refractivity contribution is 0.0697. The standard InChI is InChI=1S/C13H15N3O2S/c1-2-9-6-16-12(19-9)7-15-11-5-8(13(17)18)3-4-10(11)14/h3-6,15H,2,7,14H2,1H3,(H,17,18). The molecule has 1 aromatic heterocycles. The van der Waals surface area contributed by atoms with Gasteiger partial charge in [-0.1, -0.05) is 6.92 Å². The second kappa shape index (κ2) is 5.71. The maximum absolute atomic E-state index is 10.9. The molecule has 0 unspecified atom stereocenters. The van der Waals surface area contributed by atoms with Gasteiger partial charge in [0.15, 0.2) is 0 Å². The van der Waals surface area contributed by atoms with E-state index in [2.05, 4.69) is 17.2 Å². The normalized spacial score (nSPS) is 10.4. The van der Waals surface area contributed by atoms with Gasteiger partial charge in [-0.15, -0.1) is 11.3 Å². The predicted molar refractivity (Wildman–Crippen MR) is 76.6 cm³/mol. The van der Waals surface area contributed by atoms with Crippen molar-refractivity contribution in [2.24, 2.45) is 0 Å². The molecule has 0 aliphatic rings. The summed E-state index contributed by atoms with van der Waals surface area (Å²) >= 11 is 1.64. The molecule has 0 atom stereocenters. The number of aromatic carboxylic acids is 1. The first-order chi connectivity index (χ1) is 9.10. The van der Waals surface area contributed by atoms with E-state index in [1.54, 1.807) is 17.4 Å². The fraction of sp³-hybridized carbons (Fsp3) is 0.231. The largest absolute Gasteiger partial charge is 0.478 e. The highest BCUT2D eigenvalue weighted by molar-refractivity contribution is 7.11. The molecule has 0 radical (unpaired) electrons. The molecule has 0 amide bonds. The molecule has 1 heterocycles. The Hall–Kier alpha value is -2.08. The monoisotopic (exact) mass is 277 g/mol. The van der Waals surface area contributed by atoms with E-state index in [1.807, 2.05) is 6.20 Å². The summed E-state index contributed by atoms with van der Waals surface area (Å²) in [6.07, 6.45) is 2.83. The number of carboxylic acids is 1. The summed E-state index contributed by atoms with van der Waals surface area (Å²) in [5.74, 6) is -0.967. The first kappa shape index (κ1) is 13.4. The number of hydrogen-bond acceptors (Lipinski definition) is 5. The van der Waals surface area contributed by atoms with Crippen LogP contribution < -0.4 is 11.1 Å². The van der Waals surface area contributed by atoms with Crippen LogP contribution in [0.25, 0.3) is 0 Å². The number of anilines is 2. The third-order valence-electron chi connectivity index (χ3n) is 2.68. The van der Waals surface area contributed by atoms with E-state index >= 15 is 0 Å². The SMILES string of the molecule is CCc1cnc(CNc2cc(C(=O)O)ccc2N)s1. The third kappa shape index (κ3) is 3.23. The van der Waals surface area contributed by atoms with Gasteiger partial charge in [-0.2, -0.15) is 0 Å². The van der Waals surface area contributed by atoms with E-state index in [0.717, 1.165) is 11.4 Å². The number of nitrogens with two attached hydrogens (primary N) is 1.